The van der Waals surface area contributed by atoms with E-state index < -0.39 is 0 Å². The Kier molecular flexibility index (Phi) is 2.95. The molecule has 0 spiro atoms. The molecule has 1 aliphatic carbocycles. The number of nitrogens with two attached hydrogens (primary N) is 1. The van der Waals surface area contributed by atoms with Gasteiger partial charge in [-0.1, -0.05) is 15.9 Å². The number of carbonyl (C=O) groups excluding carboxylic acids is 1. The van der Waals surface area contributed by atoms with Crippen molar-refractivity contribution in [1.82, 2.24) is 5.32 Å². The van der Waals surface area contributed by atoms with Crippen LogP contribution in [0.15, 0.2) is 22.7 Å². The van der Waals surface area contributed by atoms with Crippen LogP contribution >= 0.6 is 15.9 Å². The summed E-state index contributed by atoms with van der Waals surface area (Å²) in [5.41, 5.74) is 6.82. The minimum Gasteiger partial charge on any atom is -0.398 e. The van der Waals surface area contributed by atoms with Crippen LogP contribution < -0.4 is 11.1 Å². The molecular formula is C11H13BrN2O. The molecule has 80 valence electrons. The van der Waals surface area contributed by atoms with Crippen molar-refractivity contribution in [2.75, 3.05) is 12.3 Å². The molecule has 1 saturated carbocycles. The molecule has 2 rings (SSSR count). The van der Waals surface area contributed by atoms with Gasteiger partial charge in [0.1, 0.15) is 0 Å². The fourth-order valence-electron chi connectivity index (χ4n) is 1.39. The van der Waals surface area contributed by atoms with E-state index in [-0.39, 0.29) is 5.91 Å². The first-order chi connectivity index (χ1) is 7.16. The molecule has 0 heterocycles. The Morgan fingerprint density at radius 2 is 2.27 bits per heavy atom. The number of amides is 1. The lowest BCUT2D eigenvalue weighted by atomic mass is 10.1. The molecule has 4 heteroatoms. The van der Waals surface area contributed by atoms with Crippen molar-refractivity contribution in [3.05, 3.63) is 28.2 Å². The summed E-state index contributed by atoms with van der Waals surface area (Å²) in [5.74, 6) is 0.609. The van der Waals surface area contributed by atoms with Crippen molar-refractivity contribution in [2.45, 2.75) is 12.8 Å². The third-order valence-electron chi connectivity index (χ3n) is 2.51. The Balaban J connectivity index is 2.03. The normalized spacial score (nSPS) is 15.0. The van der Waals surface area contributed by atoms with E-state index in [2.05, 4.69) is 21.2 Å². The molecule has 1 aliphatic rings. The molecule has 0 unspecified atom stereocenters. The van der Waals surface area contributed by atoms with Crippen LogP contribution in [0.1, 0.15) is 23.2 Å². The molecule has 1 aromatic rings. The van der Waals surface area contributed by atoms with E-state index in [1.165, 1.54) is 12.8 Å². The Hall–Kier alpha value is -1.03. The van der Waals surface area contributed by atoms with E-state index >= 15 is 0 Å². The first-order valence-electron chi connectivity index (χ1n) is 5.00. The largest absolute Gasteiger partial charge is 0.398 e. The molecule has 3 N–H and O–H groups in total. The number of nitrogens with one attached hydrogen (secondary N) is 1. The number of hydrogen-bond acceptors (Lipinski definition) is 2. The molecule has 0 bridgehead atoms. The van der Waals surface area contributed by atoms with Crippen molar-refractivity contribution < 1.29 is 4.79 Å². The van der Waals surface area contributed by atoms with Gasteiger partial charge in [0.25, 0.3) is 5.91 Å². The lowest BCUT2D eigenvalue weighted by Gasteiger charge is -2.06. The molecule has 15 heavy (non-hydrogen) atoms. The van der Waals surface area contributed by atoms with Gasteiger partial charge in [0, 0.05) is 16.7 Å². The molecule has 0 atom stereocenters. The van der Waals surface area contributed by atoms with Gasteiger partial charge >= 0.3 is 0 Å². The zero-order valence-electron chi connectivity index (χ0n) is 8.29. The fourth-order valence-corrected chi connectivity index (χ4v) is 1.77. The molecule has 0 radical (unpaired) electrons. The zero-order chi connectivity index (χ0) is 10.8. The Morgan fingerprint density at radius 1 is 1.53 bits per heavy atom. The molecule has 3 nitrogen and oxygen atoms in total. The van der Waals surface area contributed by atoms with Crippen LogP contribution in [-0.2, 0) is 0 Å². The average molecular weight is 269 g/mol. The van der Waals surface area contributed by atoms with Gasteiger partial charge in [-0.25, -0.2) is 0 Å². The Labute approximate surface area is 97.2 Å². The third-order valence-corrected chi connectivity index (χ3v) is 3.00. The molecule has 1 aromatic carbocycles. The van der Waals surface area contributed by atoms with Gasteiger partial charge in [-0.15, -0.1) is 0 Å². The number of rotatable bonds is 3. The molecular weight excluding hydrogens is 256 g/mol. The molecule has 1 amide bonds. The van der Waals surface area contributed by atoms with Crippen molar-refractivity contribution in [1.29, 1.82) is 0 Å². The van der Waals surface area contributed by atoms with Crippen LogP contribution in [0.4, 0.5) is 5.69 Å². The highest BCUT2D eigenvalue weighted by Gasteiger charge is 2.22. The smallest absolute Gasteiger partial charge is 0.253 e. The Bertz CT molecular complexity index is 388. The number of carbonyl (C=O) groups is 1. The van der Waals surface area contributed by atoms with Crippen LogP contribution in [0.2, 0.25) is 0 Å². The quantitative estimate of drug-likeness (QED) is 0.826. The second-order valence-electron chi connectivity index (χ2n) is 3.88. The zero-order valence-corrected chi connectivity index (χ0v) is 9.88. The van der Waals surface area contributed by atoms with Crippen molar-refractivity contribution in [3.8, 4) is 0 Å². The van der Waals surface area contributed by atoms with Gasteiger partial charge in [-0.2, -0.15) is 0 Å². The summed E-state index contributed by atoms with van der Waals surface area (Å²) in [7, 11) is 0. The maximum atomic E-state index is 11.7. The highest BCUT2D eigenvalue weighted by Crippen LogP contribution is 2.27. The maximum absolute atomic E-state index is 11.7. The number of hydrogen-bond donors (Lipinski definition) is 2. The predicted molar refractivity (Wildman–Crippen MR) is 63.6 cm³/mol. The molecule has 0 aliphatic heterocycles. The summed E-state index contributed by atoms with van der Waals surface area (Å²) >= 11 is 3.31. The standard InChI is InChI=1S/C11H13BrN2O/c12-8-3-4-9(10(13)5-8)11(15)14-6-7-1-2-7/h3-5,7H,1-2,6,13H2,(H,14,15). The van der Waals surface area contributed by atoms with Crippen LogP contribution in [0.5, 0.6) is 0 Å². The summed E-state index contributed by atoms with van der Waals surface area (Å²) in [6, 6.07) is 5.30. The minimum atomic E-state index is -0.0769. The van der Waals surface area contributed by atoms with Crippen LogP contribution in [-0.4, -0.2) is 12.5 Å². The van der Waals surface area contributed by atoms with Crippen molar-refractivity contribution >= 4 is 27.5 Å². The lowest BCUT2D eigenvalue weighted by Crippen LogP contribution is -2.26. The van der Waals surface area contributed by atoms with Crippen LogP contribution in [0.25, 0.3) is 0 Å². The lowest BCUT2D eigenvalue weighted by molar-refractivity contribution is 0.0952. The molecule has 1 fully saturated rings. The van der Waals surface area contributed by atoms with Gasteiger partial charge in [-0.3, -0.25) is 4.79 Å². The average Bonchev–Trinajstić information content (AvgIpc) is 2.97. The Morgan fingerprint density at radius 3 is 2.87 bits per heavy atom. The predicted octanol–water partition coefficient (Wildman–Crippen LogP) is 2.17. The number of benzene rings is 1. The van der Waals surface area contributed by atoms with E-state index in [1.54, 1.807) is 12.1 Å². The van der Waals surface area contributed by atoms with Gasteiger partial charge < -0.3 is 11.1 Å². The van der Waals surface area contributed by atoms with Crippen molar-refractivity contribution in [3.63, 3.8) is 0 Å². The second kappa shape index (κ2) is 4.23. The van der Waals surface area contributed by atoms with E-state index in [0.29, 0.717) is 17.2 Å². The first-order valence-corrected chi connectivity index (χ1v) is 5.79. The van der Waals surface area contributed by atoms with Gasteiger partial charge in [-0.05, 0) is 37.0 Å². The number of nitrogen functional groups attached to an aromatic ring is 1. The summed E-state index contributed by atoms with van der Waals surface area (Å²) in [6.07, 6.45) is 2.46. The highest BCUT2D eigenvalue weighted by molar-refractivity contribution is 9.10. The van der Waals surface area contributed by atoms with Crippen LogP contribution in [0.3, 0.4) is 0 Å². The van der Waals surface area contributed by atoms with E-state index in [4.69, 9.17) is 5.73 Å². The second-order valence-corrected chi connectivity index (χ2v) is 4.80. The SMILES string of the molecule is Nc1cc(Br)ccc1C(=O)NCC1CC1. The molecule has 0 saturated heterocycles. The summed E-state index contributed by atoms with van der Waals surface area (Å²) in [4.78, 5) is 11.7. The topological polar surface area (TPSA) is 55.1 Å². The summed E-state index contributed by atoms with van der Waals surface area (Å²) in [6.45, 7) is 0.772. The van der Waals surface area contributed by atoms with Crippen LogP contribution in [0, 0.1) is 5.92 Å². The number of halogens is 1. The third kappa shape index (κ3) is 2.72. The van der Waals surface area contributed by atoms with E-state index in [9.17, 15) is 4.79 Å². The first kappa shape index (κ1) is 10.5. The minimum absolute atomic E-state index is 0.0769. The number of anilines is 1. The van der Waals surface area contributed by atoms with E-state index in [1.807, 2.05) is 6.07 Å². The highest BCUT2D eigenvalue weighted by atomic mass is 79.9. The monoisotopic (exact) mass is 268 g/mol. The molecule has 0 aromatic heterocycles. The van der Waals surface area contributed by atoms with E-state index in [0.717, 1.165) is 11.0 Å². The summed E-state index contributed by atoms with van der Waals surface area (Å²) < 4.78 is 0.888. The maximum Gasteiger partial charge on any atom is 0.253 e. The van der Waals surface area contributed by atoms with Gasteiger partial charge in [0.05, 0.1) is 5.56 Å². The summed E-state index contributed by atoms with van der Waals surface area (Å²) in [5, 5.41) is 2.89. The van der Waals surface area contributed by atoms with Crippen molar-refractivity contribution in [2.24, 2.45) is 5.92 Å². The van der Waals surface area contributed by atoms with Gasteiger partial charge in [0.15, 0.2) is 0 Å². The van der Waals surface area contributed by atoms with Gasteiger partial charge in [0.2, 0.25) is 0 Å². The fraction of sp³-hybridized carbons (Fsp3) is 0.364.